The van der Waals surface area contributed by atoms with E-state index in [1.165, 1.54) is 16.7 Å². The number of benzene rings is 2. The molecule has 2 aliphatic rings. The first-order valence-corrected chi connectivity index (χ1v) is 14.9. The molecule has 0 N–H and O–H groups in total. The number of esters is 1. The average Bonchev–Trinajstić information content (AvgIpc) is 3.43. The van der Waals surface area contributed by atoms with Gasteiger partial charge in [-0.05, 0) is 63.6 Å². The summed E-state index contributed by atoms with van der Waals surface area (Å²) in [6.07, 6.45) is 1.63. The number of aromatic nitrogens is 1. The number of anilines is 1. The van der Waals surface area contributed by atoms with Crippen LogP contribution in [0.2, 0.25) is 0 Å². The Bertz CT molecular complexity index is 1810. The summed E-state index contributed by atoms with van der Waals surface area (Å²) in [5, 5.41) is 5.80. The van der Waals surface area contributed by atoms with Gasteiger partial charge in [0.1, 0.15) is 5.92 Å². The van der Waals surface area contributed by atoms with Crippen LogP contribution in [0.25, 0.3) is 6.08 Å². The Morgan fingerprint density at radius 1 is 1.10 bits per heavy atom. The van der Waals surface area contributed by atoms with Crippen LogP contribution in [0.3, 0.4) is 0 Å². The van der Waals surface area contributed by atoms with Gasteiger partial charge >= 0.3 is 5.97 Å². The zero-order valence-electron chi connectivity index (χ0n) is 23.7. The molecular formula is C30H29BrN4O6S. The van der Waals surface area contributed by atoms with Gasteiger partial charge in [0.2, 0.25) is 0 Å². The number of ether oxygens (including phenoxy) is 3. The smallest absolute Gasteiger partial charge is 0.338 e. The van der Waals surface area contributed by atoms with Crippen LogP contribution in [0.4, 0.5) is 5.69 Å². The van der Waals surface area contributed by atoms with Gasteiger partial charge in [-0.1, -0.05) is 45.5 Å². The molecular weight excluding hydrogens is 624 g/mol. The Labute approximate surface area is 254 Å². The van der Waals surface area contributed by atoms with Crippen molar-refractivity contribution in [3.63, 3.8) is 0 Å². The zero-order chi connectivity index (χ0) is 30.1. The van der Waals surface area contributed by atoms with Crippen LogP contribution in [-0.2, 0) is 14.3 Å². The third kappa shape index (κ3) is 5.20. The van der Waals surface area contributed by atoms with Crippen LogP contribution < -0.4 is 29.4 Å². The molecule has 2 aromatic carbocycles. The third-order valence-electron chi connectivity index (χ3n) is 6.90. The Balaban J connectivity index is 1.67. The maximum atomic E-state index is 14.1. The number of fused-ring (bicyclic) bond motifs is 1. The first-order chi connectivity index (χ1) is 20.2. The highest BCUT2D eigenvalue weighted by molar-refractivity contribution is 9.10. The molecule has 0 spiro atoms. The topological polar surface area (TPSA) is 112 Å². The van der Waals surface area contributed by atoms with E-state index in [1.807, 2.05) is 25.1 Å². The number of para-hydroxylation sites is 1. The summed E-state index contributed by atoms with van der Waals surface area (Å²) in [5.41, 5.74) is 2.06. The molecule has 0 fully saturated rings. The highest BCUT2D eigenvalue weighted by Gasteiger charge is 2.37. The lowest BCUT2D eigenvalue weighted by Gasteiger charge is -2.26. The molecule has 0 saturated heterocycles. The van der Waals surface area contributed by atoms with Gasteiger partial charge in [-0.25, -0.2) is 9.79 Å². The number of hydrazone groups is 1. The summed E-state index contributed by atoms with van der Waals surface area (Å²) in [4.78, 5) is 45.8. The molecule has 1 amide bonds. The Morgan fingerprint density at radius 2 is 1.83 bits per heavy atom. The number of carbonyl (C=O) groups excluding carboxylic acids is 2. The molecule has 12 heteroatoms. The minimum atomic E-state index is -0.878. The fourth-order valence-corrected chi connectivity index (χ4v) is 6.56. The van der Waals surface area contributed by atoms with E-state index in [0.717, 1.165) is 11.3 Å². The van der Waals surface area contributed by atoms with Crippen molar-refractivity contribution in [1.82, 2.24) is 4.57 Å². The second-order valence-corrected chi connectivity index (χ2v) is 11.4. The largest absolute Gasteiger partial charge is 0.493 e. The van der Waals surface area contributed by atoms with Gasteiger partial charge in [-0.15, -0.1) is 0 Å². The van der Waals surface area contributed by atoms with Gasteiger partial charge in [0.15, 0.2) is 16.3 Å². The molecule has 42 heavy (non-hydrogen) atoms. The fraction of sp³-hybridized carbons (Fsp3) is 0.300. The number of thiazole rings is 1. The molecule has 218 valence electrons. The van der Waals surface area contributed by atoms with Crippen LogP contribution in [-0.4, -0.2) is 42.5 Å². The molecule has 3 heterocycles. The number of amides is 1. The first-order valence-electron chi connectivity index (χ1n) is 13.3. The zero-order valence-corrected chi connectivity index (χ0v) is 26.1. The number of methoxy groups -OCH3 is 1. The molecule has 10 nitrogen and oxygen atoms in total. The van der Waals surface area contributed by atoms with Crippen LogP contribution in [0.5, 0.6) is 11.5 Å². The van der Waals surface area contributed by atoms with Crippen LogP contribution in [0.15, 0.2) is 73.1 Å². The molecule has 0 saturated carbocycles. The lowest BCUT2D eigenvalue weighted by atomic mass is 9.95. The molecule has 1 aromatic heterocycles. The number of halogens is 1. The summed E-state index contributed by atoms with van der Waals surface area (Å²) in [6.45, 7) is 7.63. The van der Waals surface area contributed by atoms with Gasteiger partial charge < -0.3 is 14.2 Å². The number of hydrogen-bond donors (Lipinski definition) is 0. The molecule has 0 radical (unpaired) electrons. The molecule has 3 aromatic rings. The molecule has 5 rings (SSSR count). The van der Waals surface area contributed by atoms with Crippen molar-refractivity contribution in [3.05, 3.63) is 83.5 Å². The van der Waals surface area contributed by atoms with E-state index in [1.54, 1.807) is 51.1 Å². The van der Waals surface area contributed by atoms with E-state index >= 15 is 0 Å². The number of nitrogens with zero attached hydrogens (tertiary/aromatic N) is 4. The minimum Gasteiger partial charge on any atom is -0.493 e. The highest BCUT2D eigenvalue weighted by atomic mass is 79.9. The molecule has 0 bridgehead atoms. The normalized spacial score (nSPS) is 18.5. The van der Waals surface area contributed by atoms with Crippen molar-refractivity contribution in [2.24, 2.45) is 16.0 Å². The van der Waals surface area contributed by atoms with Crippen LogP contribution in [0, 0.1) is 5.92 Å². The molecule has 2 atom stereocenters. The summed E-state index contributed by atoms with van der Waals surface area (Å²) in [7, 11) is 1.52. The fourth-order valence-electron chi connectivity index (χ4n) is 4.97. The van der Waals surface area contributed by atoms with E-state index < -0.39 is 23.5 Å². The van der Waals surface area contributed by atoms with Crippen molar-refractivity contribution in [2.75, 3.05) is 25.3 Å². The Hall–Kier alpha value is -4.03. The Morgan fingerprint density at radius 3 is 2.50 bits per heavy atom. The number of rotatable bonds is 8. The van der Waals surface area contributed by atoms with E-state index in [-0.39, 0.29) is 18.1 Å². The second kappa shape index (κ2) is 12.1. The van der Waals surface area contributed by atoms with Crippen molar-refractivity contribution in [2.45, 2.75) is 33.7 Å². The van der Waals surface area contributed by atoms with Crippen LogP contribution in [0.1, 0.15) is 39.3 Å². The molecule has 0 unspecified atom stereocenters. The number of allylic oxidation sites excluding steroid dienone is 1. The second-order valence-electron chi connectivity index (χ2n) is 9.49. The van der Waals surface area contributed by atoms with Gasteiger partial charge in [0, 0.05) is 4.47 Å². The van der Waals surface area contributed by atoms with Gasteiger partial charge in [-0.3, -0.25) is 14.2 Å². The minimum absolute atomic E-state index is 0.154. The quantitative estimate of drug-likeness (QED) is 0.341. The highest BCUT2D eigenvalue weighted by Crippen LogP contribution is 2.41. The van der Waals surface area contributed by atoms with Crippen LogP contribution >= 0.6 is 27.3 Å². The monoisotopic (exact) mass is 652 g/mol. The van der Waals surface area contributed by atoms with Crippen molar-refractivity contribution in [1.29, 1.82) is 0 Å². The first kappa shape index (κ1) is 29.5. The van der Waals surface area contributed by atoms with E-state index in [9.17, 15) is 14.4 Å². The van der Waals surface area contributed by atoms with Crippen molar-refractivity contribution < 1.29 is 23.8 Å². The number of carbonyl (C=O) groups is 2. The van der Waals surface area contributed by atoms with Gasteiger partial charge in [0.25, 0.3) is 11.5 Å². The third-order valence-corrected chi connectivity index (χ3v) is 8.58. The lowest BCUT2D eigenvalue weighted by molar-refractivity contribution is -0.139. The Kier molecular flexibility index (Phi) is 8.46. The van der Waals surface area contributed by atoms with E-state index in [2.05, 4.69) is 26.0 Å². The number of hydrogen-bond acceptors (Lipinski definition) is 9. The summed E-state index contributed by atoms with van der Waals surface area (Å²) >= 11 is 4.77. The standard InChI is InChI=1S/C30H29BrN4O6S/c1-6-40-23-15-21(31)20(13-22(23)39-5)26-25(29(38)41-7-2)17(4)32-30-34(26)28(37)24(42-30)14-19-16(3)33-35(27(19)36)18-11-9-8-10-12-18/h8-15,19,26H,6-7H2,1-5H3/b24-14-/t19-,26-/m1/s1. The molecule has 0 aliphatic carbocycles. The molecule has 2 aliphatic heterocycles. The SMILES string of the molecule is CCOC(=O)C1=C(C)N=c2s/c(=C\[C@H]3C(=O)N(c4ccccc4)N=C3C)c(=O)n2[C@@H]1c1cc(OC)c(OCC)cc1Br. The van der Waals surface area contributed by atoms with E-state index in [0.29, 0.717) is 54.6 Å². The average molecular weight is 654 g/mol. The lowest BCUT2D eigenvalue weighted by Crippen LogP contribution is -2.40. The van der Waals surface area contributed by atoms with Crippen molar-refractivity contribution >= 4 is 56.6 Å². The predicted octanol–water partition coefficient (Wildman–Crippen LogP) is 3.96. The maximum absolute atomic E-state index is 14.1. The summed E-state index contributed by atoms with van der Waals surface area (Å²) < 4.78 is 19.1. The van der Waals surface area contributed by atoms with Crippen molar-refractivity contribution in [3.8, 4) is 11.5 Å². The summed E-state index contributed by atoms with van der Waals surface area (Å²) in [5.74, 6) is -0.611. The van der Waals surface area contributed by atoms with E-state index in [4.69, 9.17) is 14.2 Å². The van der Waals surface area contributed by atoms with Gasteiger partial charge in [0.05, 0.1) is 53.6 Å². The maximum Gasteiger partial charge on any atom is 0.338 e. The van der Waals surface area contributed by atoms with Gasteiger partial charge in [-0.2, -0.15) is 10.1 Å². The summed E-state index contributed by atoms with van der Waals surface area (Å²) in [6, 6.07) is 11.7. The predicted molar refractivity (Wildman–Crippen MR) is 164 cm³/mol.